The highest BCUT2D eigenvalue weighted by molar-refractivity contribution is 7.71. The number of nitrogens with one attached hydrogen (secondary N) is 1. The van der Waals surface area contributed by atoms with Crippen molar-refractivity contribution in [1.29, 1.82) is 0 Å². The van der Waals surface area contributed by atoms with Crippen LogP contribution in [0, 0.1) is 4.77 Å². The van der Waals surface area contributed by atoms with Crippen LogP contribution in [0.5, 0.6) is 0 Å². The molecule has 156 valence electrons. The summed E-state index contributed by atoms with van der Waals surface area (Å²) in [7, 11) is 0. The van der Waals surface area contributed by atoms with Crippen LogP contribution in [0.25, 0.3) is 6.08 Å². The van der Waals surface area contributed by atoms with Crippen LogP contribution in [-0.2, 0) is 11.0 Å². The van der Waals surface area contributed by atoms with Crippen LogP contribution in [0.3, 0.4) is 0 Å². The van der Waals surface area contributed by atoms with E-state index in [-0.39, 0.29) is 17.9 Å². The fraction of sp³-hybridized carbons (Fsp3) is 0.450. The molecule has 0 radical (unpaired) electrons. The van der Waals surface area contributed by atoms with Crippen LogP contribution in [-0.4, -0.2) is 38.7 Å². The number of amides is 1. The van der Waals surface area contributed by atoms with Crippen molar-refractivity contribution in [2.75, 3.05) is 13.1 Å². The van der Waals surface area contributed by atoms with Crippen molar-refractivity contribution >= 4 is 24.2 Å². The maximum Gasteiger partial charge on any atom is 0.416 e. The van der Waals surface area contributed by atoms with Gasteiger partial charge in [0.2, 0.25) is 5.91 Å². The van der Waals surface area contributed by atoms with Crippen molar-refractivity contribution < 1.29 is 18.0 Å². The zero-order chi connectivity index (χ0) is 21.2. The first-order valence-electron chi connectivity index (χ1n) is 9.48. The van der Waals surface area contributed by atoms with Crippen molar-refractivity contribution in [3.63, 3.8) is 0 Å². The minimum Gasteiger partial charge on any atom is -0.339 e. The van der Waals surface area contributed by atoms with Crippen LogP contribution in [0.2, 0.25) is 0 Å². The Bertz CT molecular complexity index is 936. The maximum absolute atomic E-state index is 12.6. The first-order valence-corrected chi connectivity index (χ1v) is 9.88. The van der Waals surface area contributed by atoms with E-state index >= 15 is 0 Å². The summed E-state index contributed by atoms with van der Waals surface area (Å²) in [6.07, 6.45) is 0.153. The summed E-state index contributed by atoms with van der Waals surface area (Å²) >= 11 is 5.30. The van der Waals surface area contributed by atoms with Gasteiger partial charge in [0.25, 0.3) is 0 Å². The molecule has 1 fully saturated rings. The minimum absolute atomic E-state index is 0.147. The molecule has 5 nitrogen and oxygen atoms in total. The second-order valence-electron chi connectivity index (χ2n) is 7.40. The molecule has 0 atom stereocenters. The number of aromatic nitrogens is 3. The van der Waals surface area contributed by atoms with Crippen molar-refractivity contribution in [2.24, 2.45) is 0 Å². The summed E-state index contributed by atoms with van der Waals surface area (Å²) in [6, 6.07) is 4.94. The molecule has 2 heterocycles. The Hall–Kier alpha value is -2.42. The molecule has 1 aliphatic rings. The van der Waals surface area contributed by atoms with E-state index in [1.54, 1.807) is 11.0 Å². The SMILES string of the molecule is CC(C)n1c(C2CCN(C(=O)/C=C/c3ccc(C(F)(F)F)cc3)CC2)n[nH]c1=S. The number of alkyl halides is 3. The Labute approximate surface area is 172 Å². The van der Waals surface area contributed by atoms with Gasteiger partial charge in [0.15, 0.2) is 4.77 Å². The van der Waals surface area contributed by atoms with Crippen LogP contribution < -0.4 is 0 Å². The van der Waals surface area contributed by atoms with Gasteiger partial charge >= 0.3 is 6.18 Å². The number of benzene rings is 1. The van der Waals surface area contributed by atoms with E-state index in [0.29, 0.717) is 23.4 Å². The number of nitrogens with zero attached hydrogens (tertiary/aromatic N) is 3. The molecule has 1 aromatic carbocycles. The van der Waals surface area contributed by atoms with Crippen LogP contribution in [0.15, 0.2) is 30.3 Å². The summed E-state index contributed by atoms with van der Waals surface area (Å²) in [5.41, 5.74) is -0.156. The predicted molar refractivity (Wildman–Crippen MR) is 107 cm³/mol. The molecule has 2 aromatic rings. The molecule has 0 bridgehead atoms. The standard InChI is InChI=1S/C20H23F3N4OS/c1-13(2)27-18(24-25-19(27)29)15-9-11-26(12-10-15)17(28)8-5-14-3-6-16(7-4-14)20(21,22)23/h3-8,13,15H,9-12H2,1-2H3,(H,25,29)/b8-5+. The van der Waals surface area contributed by atoms with Gasteiger partial charge in [-0.2, -0.15) is 18.3 Å². The van der Waals surface area contributed by atoms with Crippen molar-refractivity contribution in [3.05, 3.63) is 52.1 Å². The van der Waals surface area contributed by atoms with E-state index in [9.17, 15) is 18.0 Å². The zero-order valence-electron chi connectivity index (χ0n) is 16.2. The van der Waals surface area contributed by atoms with Gasteiger partial charge in [0.05, 0.1) is 5.56 Å². The molecule has 0 spiro atoms. The van der Waals surface area contributed by atoms with E-state index in [1.165, 1.54) is 18.2 Å². The first-order chi connectivity index (χ1) is 13.7. The van der Waals surface area contributed by atoms with Gasteiger partial charge in [-0.15, -0.1) is 0 Å². The number of halogens is 3. The summed E-state index contributed by atoms with van der Waals surface area (Å²) in [6.45, 7) is 5.30. The molecule has 1 aliphatic heterocycles. The average Bonchev–Trinajstić information content (AvgIpc) is 3.07. The number of likely N-dealkylation sites (tertiary alicyclic amines) is 1. The van der Waals surface area contributed by atoms with E-state index < -0.39 is 11.7 Å². The zero-order valence-corrected chi connectivity index (χ0v) is 17.1. The summed E-state index contributed by atoms with van der Waals surface area (Å²) in [5.74, 6) is 1.01. The maximum atomic E-state index is 12.6. The third-order valence-electron chi connectivity index (χ3n) is 5.08. The highest BCUT2D eigenvalue weighted by atomic mass is 32.1. The Morgan fingerprint density at radius 3 is 2.41 bits per heavy atom. The van der Waals surface area contributed by atoms with Gasteiger partial charge < -0.3 is 9.47 Å². The number of rotatable bonds is 4. The molecule has 3 rings (SSSR count). The van der Waals surface area contributed by atoms with Crippen LogP contribution in [0.1, 0.15) is 55.6 Å². The molecule has 1 aromatic heterocycles. The third kappa shape index (κ3) is 4.95. The molecule has 0 saturated carbocycles. The molecule has 1 amide bonds. The molecule has 9 heteroatoms. The van der Waals surface area contributed by atoms with Crippen molar-refractivity contribution in [1.82, 2.24) is 19.7 Å². The molecule has 29 heavy (non-hydrogen) atoms. The molecular weight excluding hydrogens is 401 g/mol. The van der Waals surface area contributed by atoms with Gasteiger partial charge in [-0.3, -0.25) is 9.89 Å². The highest BCUT2D eigenvalue weighted by Crippen LogP contribution is 2.30. The second-order valence-corrected chi connectivity index (χ2v) is 7.79. The summed E-state index contributed by atoms with van der Waals surface area (Å²) < 4.78 is 40.4. The van der Waals surface area contributed by atoms with Crippen molar-refractivity contribution in [2.45, 2.75) is 44.8 Å². The predicted octanol–water partition coefficient (Wildman–Crippen LogP) is 4.96. The van der Waals surface area contributed by atoms with Crippen molar-refractivity contribution in [3.8, 4) is 0 Å². The Morgan fingerprint density at radius 1 is 1.24 bits per heavy atom. The molecule has 0 aliphatic carbocycles. The van der Waals surface area contributed by atoms with E-state index in [1.807, 2.05) is 4.57 Å². The lowest BCUT2D eigenvalue weighted by Crippen LogP contribution is -2.37. The lowest BCUT2D eigenvalue weighted by atomic mass is 9.95. The van der Waals surface area contributed by atoms with Gasteiger partial charge in [0, 0.05) is 31.1 Å². The minimum atomic E-state index is -4.36. The fourth-order valence-corrected chi connectivity index (χ4v) is 3.87. The van der Waals surface area contributed by atoms with E-state index in [0.717, 1.165) is 30.8 Å². The number of aromatic amines is 1. The smallest absolute Gasteiger partial charge is 0.339 e. The molecule has 1 saturated heterocycles. The Morgan fingerprint density at radius 2 is 1.86 bits per heavy atom. The number of carbonyl (C=O) groups is 1. The van der Waals surface area contributed by atoms with Gasteiger partial charge in [-0.1, -0.05) is 12.1 Å². The molecule has 1 N–H and O–H groups in total. The van der Waals surface area contributed by atoms with E-state index in [4.69, 9.17) is 12.2 Å². The van der Waals surface area contributed by atoms with Crippen LogP contribution >= 0.6 is 12.2 Å². The second kappa shape index (κ2) is 8.52. The van der Waals surface area contributed by atoms with E-state index in [2.05, 4.69) is 24.0 Å². The third-order valence-corrected chi connectivity index (χ3v) is 5.36. The Kier molecular flexibility index (Phi) is 6.26. The summed E-state index contributed by atoms with van der Waals surface area (Å²) in [4.78, 5) is 14.2. The first kappa shape index (κ1) is 21.3. The highest BCUT2D eigenvalue weighted by Gasteiger charge is 2.30. The molecule has 0 unspecified atom stereocenters. The van der Waals surface area contributed by atoms with Gasteiger partial charge in [-0.25, -0.2) is 0 Å². The average molecular weight is 424 g/mol. The largest absolute Gasteiger partial charge is 0.416 e. The molecular formula is C20H23F3N4OS. The summed E-state index contributed by atoms with van der Waals surface area (Å²) in [5, 5.41) is 7.23. The quantitative estimate of drug-likeness (QED) is 0.558. The number of H-pyrrole nitrogens is 1. The number of hydrogen-bond acceptors (Lipinski definition) is 3. The van der Waals surface area contributed by atoms with Crippen LogP contribution in [0.4, 0.5) is 13.2 Å². The lowest BCUT2D eigenvalue weighted by molar-refractivity contribution is -0.137. The Balaban J connectivity index is 1.59. The fourth-order valence-electron chi connectivity index (χ4n) is 3.52. The lowest BCUT2D eigenvalue weighted by Gasteiger charge is -2.31. The van der Waals surface area contributed by atoms with Gasteiger partial charge in [-0.05, 0) is 62.7 Å². The number of piperidine rings is 1. The number of carbonyl (C=O) groups excluding carboxylic acids is 1. The monoisotopic (exact) mass is 424 g/mol. The number of hydrogen-bond donors (Lipinski definition) is 1. The normalized spacial score (nSPS) is 16.1. The van der Waals surface area contributed by atoms with Gasteiger partial charge in [0.1, 0.15) is 5.82 Å². The topological polar surface area (TPSA) is 53.9 Å².